The summed E-state index contributed by atoms with van der Waals surface area (Å²) >= 11 is 0. The van der Waals surface area contributed by atoms with Gasteiger partial charge in [-0.1, -0.05) is 30.3 Å². The van der Waals surface area contributed by atoms with Gasteiger partial charge in [-0.05, 0) is 48.7 Å². The maximum Gasteiger partial charge on any atom is 0.351 e. The number of aromatic amines is 2. The SMILES string of the molecule is Cc1cc2[nH]c(/C=C/c3ccccc3)[nH+]c2cc1C.O=C([O-])C(=O)O. The fraction of sp³-hybridized carbons (Fsp3) is 0.105. The normalized spacial score (nSPS) is 10.5. The molecule has 0 amide bonds. The molecule has 128 valence electrons. The number of hydrogen-bond acceptors (Lipinski definition) is 3. The highest BCUT2D eigenvalue weighted by Gasteiger charge is 2.08. The van der Waals surface area contributed by atoms with Crippen molar-refractivity contribution < 1.29 is 24.8 Å². The lowest BCUT2D eigenvalue weighted by molar-refractivity contribution is -0.347. The fourth-order valence-electron chi connectivity index (χ4n) is 2.17. The van der Waals surface area contributed by atoms with Crippen molar-refractivity contribution in [3.8, 4) is 0 Å². The van der Waals surface area contributed by atoms with Crippen molar-refractivity contribution in [3.05, 3.63) is 65.0 Å². The van der Waals surface area contributed by atoms with Crippen LogP contribution >= 0.6 is 0 Å². The van der Waals surface area contributed by atoms with Crippen LogP contribution in [-0.4, -0.2) is 22.0 Å². The Labute approximate surface area is 144 Å². The average molecular weight is 338 g/mol. The van der Waals surface area contributed by atoms with Crippen molar-refractivity contribution in [2.75, 3.05) is 0 Å². The number of aromatic nitrogens is 2. The standard InChI is InChI=1S/C17H16N2.C2H2O4/c1-12-10-15-16(11-13(12)2)19-17(18-15)9-8-14-6-4-3-5-7-14;3-1(4)2(5)6/h3-11H,1-2H3,(H,18,19);(H,3,4)(H,5,6)/b9-8+;. The van der Waals surface area contributed by atoms with Gasteiger partial charge in [0, 0.05) is 6.08 Å². The summed E-state index contributed by atoms with van der Waals surface area (Å²) in [5.41, 5.74) is 6.11. The lowest BCUT2D eigenvalue weighted by Crippen LogP contribution is -2.30. The first-order chi connectivity index (χ1) is 11.9. The van der Waals surface area contributed by atoms with Gasteiger partial charge in [0.1, 0.15) is 0 Å². The second-order valence-electron chi connectivity index (χ2n) is 5.48. The number of carbonyl (C=O) groups excluding carboxylic acids is 1. The van der Waals surface area contributed by atoms with Gasteiger partial charge in [0.05, 0.1) is 0 Å². The van der Waals surface area contributed by atoms with Gasteiger partial charge in [-0.25, -0.2) is 14.8 Å². The summed E-state index contributed by atoms with van der Waals surface area (Å²) in [7, 11) is 0. The summed E-state index contributed by atoms with van der Waals surface area (Å²) in [6.07, 6.45) is 4.17. The monoisotopic (exact) mass is 338 g/mol. The smallest absolute Gasteiger partial charge is 0.351 e. The highest BCUT2D eigenvalue weighted by molar-refractivity contribution is 6.26. The van der Waals surface area contributed by atoms with Crippen molar-refractivity contribution in [1.82, 2.24) is 4.98 Å². The van der Waals surface area contributed by atoms with Crippen LogP contribution in [0.2, 0.25) is 0 Å². The molecule has 0 bridgehead atoms. The molecule has 0 aliphatic carbocycles. The zero-order valence-corrected chi connectivity index (χ0v) is 13.9. The first-order valence-electron chi connectivity index (χ1n) is 7.56. The molecule has 0 unspecified atom stereocenters. The number of imidazole rings is 1. The molecule has 0 aliphatic heterocycles. The van der Waals surface area contributed by atoms with E-state index in [9.17, 15) is 0 Å². The largest absolute Gasteiger partial charge is 0.539 e. The van der Waals surface area contributed by atoms with E-state index < -0.39 is 11.9 Å². The molecule has 1 heterocycles. The van der Waals surface area contributed by atoms with E-state index in [0.717, 1.165) is 16.9 Å². The lowest BCUT2D eigenvalue weighted by Gasteiger charge is -1.94. The van der Waals surface area contributed by atoms with E-state index in [1.165, 1.54) is 16.7 Å². The predicted octanol–water partition coefficient (Wildman–Crippen LogP) is 1.59. The molecular formula is C19H18N2O4. The van der Waals surface area contributed by atoms with Crippen molar-refractivity contribution >= 4 is 35.1 Å². The molecule has 3 aromatic rings. The first kappa shape index (κ1) is 17.9. The number of carbonyl (C=O) groups is 2. The molecule has 0 spiro atoms. The van der Waals surface area contributed by atoms with Gasteiger partial charge >= 0.3 is 5.97 Å². The van der Waals surface area contributed by atoms with Gasteiger partial charge in [0.2, 0.25) is 0 Å². The molecule has 25 heavy (non-hydrogen) atoms. The number of carboxylic acids is 2. The Balaban J connectivity index is 0.000000326. The quantitative estimate of drug-likeness (QED) is 0.692. The third-order valence-electron chi connectivity index (χ3n) is 3.59. The van der Waals surface area contributed by atoms with Gasteiger partial charge in [-0.15, -0.1) is 0 Å². The number of benzene rings is 2. The van der Waals surface area contributed by atoms with Crippen LogP contribution in [0.4, 0.5) is 0 Å². The van der Waals surface area contributed by atoms with Gasteiger partial charge in [0.15, 0.2) is 17.0 Å². The highest BCUT2D eigenvalue weighted by Crippen LogP contribution is 2.15. The molecule has 0 atom stereocenters. The molecule has 0 fully saturated rings. The molecule has 1 aromatic heterocycles. The Bertz CT molecular complexity index is 876. The molecule has 0 saturated heterocycles. The van der Waals surface area contributed by atoms with Crippen LogP contribution in [0.5, 0.6) is 0 Å². The number of nitrogens with one attached hydrogen (secondary N) is 2. The number of aryl methyl sites for hydroxylation is 2. The van der Waals surface area contributed by atoms with E-state index in [1.807, 2.05) is 18.2 Å². The molecule has 2 aromatic carbocycles. The van der Waals surface area contributed by atoms with Crippen LogP contribution in [-0.2, 0) is 9.59 Å². The van der Waals surface area contributed by atoms with Crippen molar-refractivity contribution in [2.24, 2.45) is 0 Å². The van der Waals surface area contributed by atoms with Crippen LogP contribution in [0, 0.1) is 13.8 Å². The van der Waals surface area contributed by atoms with Gasteiger partial charge < -0.3 is 15.0 Å². The van der Waals surface area contributed by atoms with Crippen molar-refractivity contribution in [2.45, 2.75) is 13.8 Å². The van der Waals surface area contributed by atoms with E-state index in [-0.39, 0.29) is 0 Å². The summed E-state index contributed by atoms with van der Waals surface area (Å²) in [5, 5.41) is 16.3. The van der Waals surface area contributed by atoms with Gasteiger partial charge in [-0.2, -0.15) is 0 Å². The molecule has 0 radical (unpaired) electrons. The van der Waals surface area contributed by atoms with E-state index >= 15 is 0 Å². The zero-order valence-electron chi connectivity index (χ0n) is 13.9. The Morgan fingerprint density at radius 2 is 1.68 bits per heavy atom. The number of hydrogen-bond donors (Lipinski definition) is 2. The maximum atomic E-state index is 9.04. The zero-order chi connectivity index (χ0) is 18.4. The molecule has 0 saturated carbocycles. The number of rotatable bonds is 2. The second kappa shape index (κ2) is 7.92. The minimum absolute atomic E-state index is 1.02. The second-order valence-corrected chi connectivity index (χ2v) is 5.48. The number of carboxylic acid groups (broad SMARTS) is 2. The third-order valence-corrected chi connectivity index (χ3v) is 3.59. The topological polar surface area (TPSA) is 107 Å². The molecular weight excluding hydrogens is 320 g/mol. The van der Waals surface area contributed by atoms with E-state index in [1.54, 1.807) is 0 Å². The Morgan fingerprint density at radius 3 is 2.28 bits per heavy atom. The highest BCUT2D eigenvalue weighted by atomic mass is 16.4. The van der Waals surface area contributed by atoms with E-state index in [2.05, 4.69) is 60.2 Å². The van der Waals surface area contributed by atoms with Crippen molar-refractivity contribution in [3.63, 3.8) is 0 Å². The fourth-order valence-corrected chi connectivity index (χ4v) is 2.17. The van der Waals surface area contributed by atoms with Crippen molar-refractivity contribution in [1.29, 1.82) is 0 Å². The average Bonchev–Trinajstić information content (AvgIpc) is 2.96. The Hall–Kier alpha value is -3.41. The van der Waals surface area contributed by atoms with Crippen LogP contribution < -0.4 is 10.1 Å². The number of H-pyrrole nitrogens is 2. The molecule has 3 N–H and O–H groups in total. The predicted molar refractivity (Wildman–Crippen MR) is 92.3 cm³/mol. The summed E-state index contributed by atoms with van der Waals surface area (Å²) < 4.78 is 0. The van der Waals surface area contributed by atoms with E-state index in [0.29, 0.717) is 0 Å². The summed E-state index contributed by atoms with van der Waals surface area (Å²) in [5.74, 6) is -2.99. The molecule has 0 aliphatic rings. The Kier molecular flexibility index (Phi) is 5.68. The molecule has 6 nitrogen and oxygen atoms in total. The van der Waals surface area contributed by atoms with Crippen LogP contribution in [0.15, 0.2) is 42.5 Å². The summed E-state index contributed by atoms with van der Waals surface area (Å²) in [4.78, 5) is 24.8. The van der Waals surface area contributed by atoms with Gasteiger partial charge in [0.25, 0.3) is 5.82 Å². The van der Waals surface area contributed by atoms with Crippen LogP contribution in [0.3, 0.4) is 0 Å². The maximum absolute atomic E-state index is 9.04. The summed E-state index contributed by atoms with van der Waals surface area (Å²) in [6, 6.07) is 14.7. The molecule has 6 heteroatoms. The number of aliphatic carboxylic acids is 2. The number of fused-ring (bicyclic) bond motifs is 1. The molecule has 3 rings (SSSR count). The van der Waals surface area contributed by atoms with E-state index in [4.69, 9.17) is 19.8 Å². The minimum atomic E-state index is -2.07. The Morgan fingerprint density at radius 1 is 1.08 bits per heavy atom. The van der Waals surface area contributed by atoms with Crippen LogP contribution in [0.1, 0.15) is 22.5 Å². The first-order valence-corrected chi connectivity index (χ1v) is 7.56. The third kappa shape index (κ3) is 5.04. The summed E-state index contributed by atoms with van der Waals surface area (Å²) in [6.45, 7) is 4.27. The minimum Gasteiger partial charge on any atom is -0.539 e. The van der Waals surface area contributed by atoms with Crippen LogP contribution in [0.25, 0.3) is 23.2 Å². The lowest BCUT2D eigenvalue weighted by atomic mass is 10.1. The van der Waals surface area contributed by atoms with Gasteiger partial charge in [-0.3, -0.25) is 0 Å².